The molecule has 0 spiro atoms. The molecule has 0 amide bonds. The summed E-state index contributed by atoms with van der Waals surface area (Å²) in [6.07, 6.45) is 2.91. The largest absolute Gasteiger partial charge is 0.495 e. The van der Waals surface area contributed by atoms with Gasteiger partial charge in [0.25, 0.3) is 0 Å². The predicted molar refractivity (Wildman–Crippen MR) is 175 cm³/mol. The molecule has 0 aromatic heterocycles. The van der Waals surface area contributed by atoms with Crippen LogP contribution in [-0.2, 0) is 38.9 Å². The van der Waals surface area contributed by atoms with E-state index in [1.54, 1.807) is 12.1 Å². The van der Waals surface area contributed by atoms with Gasteiger partial charge in [-0.05, 0) is 42.7 Å². The van der Waals surface area contributed by atoms with Crippen LogP contribution in [0, 0.1) is 0 Å². The Morgan fingerprint density at radius 1 is 0.795 bits per heavy atom. The molecule has 0 heterocycles. The number of thioether (sulfide) groups is 1. The van der Waals surface area contributed by atoms with Crippen molar-refractivity contribution in [3.63, 3.8) is 0 Å². The standard InChI is InChI=1S/C34H41NO7S2/c1-7-33(31(37)40-4,23-16-11-9-12-17-23)25-20-15-21-27(29(25)39-3)44-42-30(36)26(35)22-28(43-6)34(8-2,32(38)41-5)24-18-13-10-14-19-24/h9-21,26,28H,7-8,22,35H2,1-6H3. The van der Waals surface area contributed by atoms with Crippen LogP contribution >= 0.6 is 23.8 Å². The van der Waals surface area contributed by atoms with Crippen LogP contribution in [0.1, 0.15) is 49.8 Å². The van der Waals surface area contributed by atoms with Gasteiger partial charge in [0, 0.05) is 10.8 Å². The smallest absolute Gasteiger partial charge is 0.335 e. The topological polar surface area (TPSA) is 114 Å². The summed E-state index contributed by atoms with van der Waals surface area (Å²) in [5, 5.41) is -0.371. The summed E-state index contributed by atoms with van der Waals surface area (Å²) in [4.78, 5) is 40.4. The Morgan fingerprint density at radius 3 is 1.89 bits per heavy atom. The molecule has 0 aliphatic heterocycles. The van der Waals surface area contributed by atoms with Crippen molar-refractivity contribution in [2.75, 3.05) is 27.6 Å². The summed E-state index contributed by atoms with van der Waals surface area (Å²) in [6.45, 7) is 3.83. The monoisotopic (exact) mass is 639 g/mol. The lowest BCUT2D eigenvalue weighted by Gasteiger charge is -2.38. The molecule has 4 atom stereocenters. The first-order chi connectivity index (χ1) is 21.2. The molecule has 10 heteroatoms. The minimum atomic E-state index is -1.15. The second-order valence-electron chi connectivity index (χ2n) is 10.2. The van der Waals surface area contributed by atoms with Crippen molar-refractivity contribution < 1.29 is 32.8 Å². The highest BCUT2D eigenvalue weighted by atomic mass is 32.2. The lowest BCUT2D eigenvalue weighted by molar-refractivity contribution is -0.148. The first-order valence-corrected chi connectivity index (χ1v) is 16.4. The molecule has 8 nitrogen and oxygen atoms in total. The van der Waals surface area contributed by atoms with Gasteiger partial charge in [-0.3, -0.25) is 9.59 Å². The molecule has 0 radical (unpaired) electrons. The van der Waals surface area contributed by atoms with E-state index in [4.69, 9.17) is 24.1 Å². The molecule has 3 aromatic rings. The lowest BCUT2D eigenvalue weighted by Crippen LogP contribution is -2.49. The van der Waals surface area contributed by atoms with Gasteiger partial charge in [-0.1, -0.05) is 86.6 Å². The number of nitrogens with two attached hydrogens (primary N) is 1. The first-order valence-electron chi connectivity index (χ1n) is 14.3. The minimum Gasteiger partial charge on any atom is -0.495 e. The van der Waals surface area contributed by atoms with Crippen molar-refractivity contribution in [1.29, 1.82) is 0 Å². The predicted octanol–water partition coefficient (Wildman–Crippen LogP) is 6.08. The van der Waals surface area contributed by atoms with Crippen molar-refractivity contribution >= 4 is 41.7 Å². The van der Waals surface area contributed by atoms with E-state index in [1.165, 1.54) is 33.1 Å². The zero-order valence-corrected chi connectivity index (χ0v) is 27.7. The Labute approximate surface area is 268 Å². The molecule has 0 aliphatic carbocycles. The molecular formula is C34H41NO7S2. The van der Waals surface area contributed by atoms with E-state index in [-0.39, 0.29) is 17.6 Å². The van der Waals surface area contributed by atoms with Gasteiger partial charge in [-0.2, -0.15) is 11.8 Å². The number of ether oxygens (including phenoxy) is 3. The molecule has 0 aliphatic rings. The molecule has 4 unspecified atom stereocenters. The third kappa shape index (κ3) is 6.77. The van der Waals surface area contributed by atoms with E-state index in [2.05, 4.69) is 0 Å². The Bertz CT molecular complexity index is 1410. The highest BCUT2D eigenvalue weighted by molar-refractivity contribution is 7.99. The molecular weight excluding hydrogens is 599 g/mol. The first kappa shape index (κ1) is 35.0. The zero-order valence-electron chi connectivity index (χ0n) is 26.0. The maximum absolute atomic E-state index is 13.4. The fourth-order valence-electron chi connectivity index (χ4n) is 5.85. The number of benzene rings is 3. The van der Waals surface area contributed by atoms with E-state index in [0.29, 0.717) is 29.1 Å². The molecule has 3 aromatic carbocycles. The van der Waals surface area contributed by atoms with Crippen LogP contribution in [0.25, 0.3) is 0 Å². The van der Waals surface area contributed by atoms with Gasteiger partial charge in [0.1, 0.15) is 34.7 Å². The fraction of sp³-hybridized carbons (Fsp3) is 0.382. The molecule has 0 saturated carbocycles. The average Bonchev–Trinajstić information content (AvgIpc) is 3.08. The highest BCUT2D eigenvalue weighted by Crippen LogP contribution is 2.46. The van der Waals surface area contributed by atoms with Crippen LogP contribution in [0.2, 0.25) is 0 Å². The van der Waals surface area contributed by atoms with Crippen molar-refractivity contribution in [2.24, 2.45) is 5.73 Å². The van der Waals surface area contributed by atoms with Crippen LogP contribution in [0.3, 0.4) is 0 Å². The molecule has 44 heavy (non-hydrogen) atoms. The second kappa shape index (κ2) is 16.0. The Hall–Kier alpha value is -3.47. The lowest BCUT2D eigenvalue weighted by atomic mass is 9.72. The van der Waals surface area contributed by atoms with Crippen molar-refractivity contribution in [3.05, 3.63) is 95.6 Å². The molecule has 0 bridgehead atoms. The second-order valence-corrected chi connectivity index (χ2v) is 12.0. The van der Waals surface area contributed by atoms with Crippen LogP contribution in [0.5, 0.6) is 5.75 Å². The number of rotatable bonds is 15. The van der Waals surface area contributed by atoms with Gasteiger partial charge in [-0.25, -0.2) is 4.79 Å². The summed E-state index contributed by atoms with van der Waals surface area (Å²) in [5.41, 5.74) is 6.38. The van der Waals surface area contributed by atoms with Crippen LogP contribution in [-0.4, -0.2) is 56.8 Å². The summed E-state index contributed by atoms with van der Waals surface area (Å²) in [6, 6.07) is 23.1. The molecule has 236 valence electrons. The molecule has 3 rings (SSSR count). The Kier molecular flexibility index (Phi) is 12.7. The van der Waals surface area contributed by atoms with Gasteiger partial charge >= 0.3 is 17.9 Å². The highest BCUT2D eigenvalue weighted by Gasteiger charge is 2.48. The third-order valence-electron chi connectivity index (χ3n) is 8.19. The number of para-hydroxylation sites is 1. The Balaban J connectivity index is 1.90. The fourth-order valence-corrected chi connectivity index (χ4v) is 7.75. The summed E-state index contributed by atoms with van der Waals surface area (Å²) in [7, 11) is 4.23. The summed E-state index contributed by atoms with van der Waals surface area (Å²) in [5.74, 6) is -1.08. The van der Waals surface area contributed by atoms with Gasteiger partial charge in [0.2, 0.25) is 0 Å². The SMILES string of the molecule is CCC(C(=O)OC)(c1ccccc1)c1cccc(SOC(=O)C(N)CC(SC)C(CC)(C(=O)OC)c2ccccc2)c1OC. The van der Waals surface area contributed by atoms with E-state index < -0.39 is 28.8 Å². The van der Waals surface area contributed by atoms with Gasteiger partial charge < -0.3 is 24.1 Å². The van der Waals surface area contributed by atoms with Crippen molar-refractivity contribution in [1.82, 2.24) is 0 Å². The third-order valence-corrected chi connectivity index (χ3v) is 10.1. The van der Waals surface area contributed by atoms with Gasteiger partial charge in [0.15, 0.2) is 0 Å². The number of carbonyl (C=O) groups excluding carboxylic acids is 3. The van der Waals surface area contributed by atoms with Crippen molar-refractivity contribution in [3.8, 4) is 5.75 Å². The van der Waals surface area contributed by atoms with E-state index in [1.807, 2.05) is 86.8 Å². The summed E-state index contributed by atoms with van der Waals surface area (Å²) < 4.78 is 22.0. The number of methoxy groups -OCH3 is 3. The molecule has 0 saturated heterocycles. The normalized spacial score (nSPS) is 15.2. The van der Waals surface area contributed by atoms with E-state index in [0.717, 1.165) is 23.2 Å². The maximum atomic E-state index is 13.4. The minimum absolute atomic E-state index is 0.171. The Morgan fingerprint density at radius 2 is 1.39 bits per heavy atom. The van der Waals surface area contributed by atoms with Crippen LogP contribution < -0.4 is 10.5 Å². The number of carbonyl (C=O) groups is 3. The zero-order chi connectivity index (χ0) is 32.3. The van der Waals surface area contributed by atoms with Gasteiger partial charge in [0.05, 0.1) is 26.2 Å². The van der Waals surface area contributed by atoms with E-state index >= 15 is 0 Å². The number of hydrogen-bond acceptors (Lipinski definition) is 10. The van der Waals surface area contributed by atoms with E-state index in [9.17, 15) is 14.4 Å². The maximum Gasteiger partial charge on any atom is 0.335 e. The molecule has 2 N–H and O–H groups in total. The average molecular weight is 640 g/mol. The van der Waals surface area contributed by atoms with Crippen molar-refractivity contribution in [2.45, 2.75) is 60.1 Å². The quantitative estimate of drug-likeness (QED) is 0.155. The van der Waals surface area contributed by atoms with Crippen LogP contribution in [0.15, 0.2) is 83.8 Å². The summed E-state index contributed by atoms with van der Waals surface area (Å²) >= 11 is 2.27. The number of esters is 2. The van der Waals surface area contributed by atoms with Gasteiger partial charge in [-0.15, -0.1) is 0 Å². The molecule has 0 fully saturated rings. The van der Waals surface area contributed by atoms with Crippen LogP contribution in [0.4, 0.5) is 0 Å². The number of hydrogen-bond donors (Lipinski definition) is 1.